The maximum Gasteiger partial charge on any atom is 0.328 e. The molecule has 2 heterocycles. The molecule has 0 bridgehead atoms. The van der Waals surface area contributed by atoms with Gasteiger partial charge in [0.25, 0.3) is 11.8 Å². The molecule has 1 aliphatic rings. The zero-order valence-electron chi connectivity index (χ0n) is 20.8. The summed E-state index contributed by atoms with van der Waals surface area (Å²) in [6.07, 6.45) is 3.62. The van der Waals surface area contributed by atoms with Crippen molar-refractivity contribution < 1.29 is 23.5 Å². The van der Waals surface area contributed by atoms with Crippen molar-refractivity contribution in [2.75, 3.05) is 6.61 Å². The highest BCUT2D eigenvalue weighted by molar-refractivity contribution is 5.95. The van der Waals surface area contributed by atoms with E-state index in [4.69, 9.17) is 9.15 Å². The zero-order chi connectivity index (χ0) is 25.8. The molecule has 3 aromatic rings. The van der Waals surface area contributed by atoms with Crippen LogP contribution in [-0.4, -0.2) is 51.7 Å². The molecule has 2 atom stereocenters. The van der Waals surface area contributed by atoms with Crippen LogP contribution in [0.15, 0.2) is 40.9 Å². The molecule has 2 amide bonds. The number of carbonyl (C=O) groups is 3. The minimum Gasteiger partial charge on any atom is -0.464 e. The number of hydrogen-bond donors (Lipinski definition) is 3. The molecule has 0 saturated heterocycles. The Balaban J connectivity index is 1.46. The van der Waals surface area contributed by atoms with Crippen molar-refractivity contribution in [2.24, 2.45) is 11.8 Å². The van der Waals surface area contributed by atoms with Crippen molar-refractivity contribution in [3.63, 3.8) is 0 Å². The van der Waals surface area contributed by atoms with E-state index in [2.05, 4.69) is 25.8 Å². The van der Waals surface area contributed by atoms with Crippen LogP contribution in [0.5, 0.6) is 0 Å². The van der Waals surface area contributed by atoms with Crippen LogP contribution in [0.25, 0.3) is 22.7 Å². The van der Waals surface area contributed by atoms with E-state index in [9.17, 15) is 14.4 Å². The van der Waals surface area contributed by atoms with Gasteiger partial charge in [-0.15, -0.1) is 0 Å². The van der Waals surface area contributed by atoms with Gasteiger partial charge >= 0.3 is 5.97 Å². The molecule has 36 heavy (non-hydrogen) atoms. The summed E-state index contributed by atoms with van der Waals surface area (Å²) in [6, 6.07) is 8.32. The summed E-state index contributed by atoms with van der Waals surface area (Å²) < 4.78 is 10.7. The Labute approximate surface area is 209 Å². The van der Waals surface area contributed by atoms with Gasteiger partial charge in [-0.1, -0.05) is 26.0 Å². The van der Waals surface area contributed by atoms with E-state index >= 15 is 0 Å². The van der Waals surface area contributed by atoms with E-state index in [1.165, 1.54) is 6.20 Å². The lowest BCUT2D eigenvalue weighted by atomic mass is 10.0. The molecule has 1 aliphatic carbocycles. The van der Waals surface area contributed by atoms with Gasteiger partial charge in [-0.2, -0.15) is 5.10 Å². The van der Waals surface area contributed by atoms with Crippen LogP contribution in [0.1, 0.15) is 61.6 Å². The van der Waals surface area contributed by atoms with Crippen molar-refractivity contribution in [3.8, 4) is 22.7 Å². The highest BCUT2D eigenvalue weighted by Crippen LogP contribution is 2.32. The Morgan fingerprint density at radius 1 is 1.11 bits per heavy atom. The Morgan fingerprint density at radius 2 is 1.86 bits per heavy atom. The van der Waals surface area contributed by atoms with E-state index in [0.29, 0.717) is 22.9 Å². The normalized spacial score (nSPS) is 14.8. The number of aromatic nitrogens is 3. The van der Waals surface area contributed by atoms with Crippen LogP contribution >= 0.6 is 0 Å². The van der Waals surface area contributed by atoms with Gasteiger partial charge in [-0.25, -0.2) is 9.78 Å². The summed E-state index contributed by atoms with van der Waals surface area (Å²) in [5.74, 6) is -0.621. The molecule has 3 N–H and O–H groups in total. The molecule has 0 aliphatic heterocycles. The van der Waals surface area contributed by atoms with Crippen LogP contribution in [0.3, 0.4) is 0 Å². The van der Waals surface area contributed by atoms with Crippen molar-refractivity contribution in [3.05, 3.63) is 48.0 Å². The molecule has 1 aromatic carbocycles. The lowest BCUT2D eigenvalue weighted by Gasteiger charge is -2.19. The Morgan fingerprint density at radius 3 is 2.56 bits per heavy atom. The number of ether oxygens (including phenoxy) is 1. The van der Waals surface area contributed by atoms with E-state index in [-0.39, 0.29) is 36.1 Å². The summed E-state index contributed by atoms with van der Waals surface area (Å²) in [7, 11) is 0. The highest BCUT2D eigenvalue weighted by atomic mass is 16.5. The zero-order valence-corrected chi connectivity index (χ0v) is 20.8. The van der Waals surface area contributed by atoms with E-state index < -0.39 is 17.9 Å². The number of rotatable bonds is 10. The summed E-state index contributed by atoms with van der Waals surface area (Å²) in [6.45, 7) is 7.58. The third kappa shape index (κ3) is 5.81. The monoisotopic (exact) mass is 493 g/mol. The smallest absolute Gasteiger partial charge is 0.328 e. The predicted octanol–water partition coefficient (Wildman–Crippen LogP) is 3.58. The Kier molecular flexibility index (Phi) is 7.52. The fourth-order valence-electron chi connectivity index (χ4n) is 3.85. The minimum absolute atomic E-state index is 0.0196. The molecule has 190 valence electrons. The van der Waals surface area contributed by atoms with E-state index in [1.54, 1.807) is 19.1 Å². The van der Waals surface area contributed by atoms with Gasteiger partial charge in [0.05, 0.1) is 18.5 Å². The molecule has 1 fully saturated rings. The molecule has 10 heteroatoms. The van der Waals surface area contributed by atoms with Crippen molar-refractivity contribution in [1.29, 1.82) is 0 Å². The van der Waals surface area contributed by atoms with Gasteiger partial charge in [-0.05, 0) is 56.7 Å². The minimum atomic E-state index is -0.798. The number of H-pyrrole nitrogens is 1. The molecular formula is C26H31N5O5. The molecule has 4 rings (SSSR count). The number of aromatic amines is 1. The number of amides is 2. The fourth-order valence-corrected chi connectivity index (χ4v) is 3.85. The summed E-state index contributed by atoms with van der Waals surface area (Å²) >= 11 is 0. The number of nitrogens with one attached hydrogen (secondary N) is 3. The van der Waals surface area contributed by atoms with Gasteiger partial charge in [0.2, 0.25) is 11.7 Å². The second-order valence-electron chi connectivity index (χ2n) is 9.32. The largest absolute Gasteiger partial charge is 0.464 e. The Bertz CT molecular complexity index is 1240. The lowest BCUT2D eigenvalue weighted by Crippen LogP contribution is -2.45. The number of oxazole rings is 1. The van der Waals surface area contributed by atoms with Crippen LogP contribution in [0.4, 0.5) is 0 Å². The molecule has 1 saturated carbocycles. The SMILES string of the molecule is CCOC(=O)[C@@H](NC(=O)c1cnc(-c2cccc(-c3cc(C(=O)N[C@@H](C)C4CC4)[nH]n3)c2)o1)C(C)C. The van der Waals surface area contributed by atoms with Crippen LogP contribution in [0.2, 0.25) is 0 Å². The van der Waals surface area contributed by atoms with Crippen molar-refractivity contribution in [1.82, 2.24) is 25.8 Å². The number of benzene rings is 1. The first kappa shape index (κ1) is 25.2. The third-order valence-corrected chi connectivity index (χ3v) is 6.14. The number of hydrogen-bond acceptors (Lipinski definition) is 7. The van der Waals surface area contributed by atoms with Crippen molar-refractivity contribution in [2.45, 2.75) is 52.6 Å². The molecule has 0 spiro atoms. The van der Waals surface area contributed by atoms with Crippen molar-refractivity contribution >= 4 is 17.8 Å². The first-order valence-corrected chi connectivity index (χ1v) is 12.2. The van der Waals surface area contributed by atoms with Gasteiger partial charge in [0.1, 0.15) is 11.7 Å². The molecular weight excluding hydrogens is 462 g/mol. The predicted molar refractivity (Wildman–Crippen MR) is 132 cm³/mol. The van der Waals surface area contributed by atoms with E-state index in [0.717, 1.165) is 18.4 Å². The number of nitrogens with zero attached hydrogens (tertiary/aromatic N) is 2. The average Bonchev–Trinajstić information content (AvgIpc) is 3.38. The van der Waals surface area contributed by atoms with Gasteiger partial charge in [0.15, 0.2) is 0 Å². The van der Waals surface area contributed by atoms with Crippen LogP contribution in [-0.2, 0) is 9.53 Å². The molecule has 10 nitrogen and oxygen atoms in total. The van der Waals surface area contributed by atoms with Crippen LogP contribution < -0.4 is 10.6 Å². The topological polar surface area (TPSA) is 139 Å². The summed E-state index contributed by atoms with van der Waals surface area (Å²) in [5, 5.41) is 12.7. The first-order chi connectivity index (χ1) is 17.3. The third-order valence-electron chi connectivity index (χ3n) is 6.14. The van der Waals surface area contributed by atoms with E-state index in [1.807, 2.05) is 39.0 Å². The molecule has 0 unspecified atom stereocenters. The van der Waals surface area contributed by atoms with Gasteiger partial charge in [0, 0.05) is 17.2 Å². The molecule has 0 radical (unpaired) electrons. The lowest BCUT2D eigenvalue weighted by molar-refractivity contribution is -0.146. The van der Waals surface area contributed by atoms with Gasteiger partial charge < -0.3 is 19.8 Å². The van der Waals surface area contributed by atoms with Gasteiger partial charge in [-0.3, -0.25) is 14.7 Å². The highest BCUT2D eigenvalue weighted by Gasteiger charge is 2.30. The maximum atomic E-state index is 12.7. The Hall–Kier alpha value is -3.95. The summed E-state index contributed by atoms with van der Waals surface area (Å²) in [5.41, 5.74) is 2.37. The average molecular weight is 494 g/mol. The fraction of sp³-hybridized carbons (Fsp3) is 0.423. The maximum absolute atomic E-state index is 12.7. The number of carbonyl (C=O) groups excluding carboxylic acids is 3. The van der Waals surface area contributed by atoms with Crippen LogP contribution in [0, 0.1) is 11.8 Å². The first-order valence-electron chi connectivity index (χ1n) is 12.2. The number of esters is 1. The second-order valence-corrected chi connectivity index (χ2v) is 9.32. The second kappa shape index (κ2) is 10.8. The molecule has 2 aromatic heterocycles. The standard InChI is InChI=1S/C26H31N5O5/c1-5-35-26(34)22(14(2)3)29-24(33)21-13-27-25(36-21)18-8-6-7-17(11-18)19-12-20(31-30-19)23(32)28-15(4)16-9-10-16/h6-8,11-16,22H,5,9-10H2,1-4H3,(H,28,32)(H,29,33)(H,30,31)/t15-,22-/m0/s1. The summed E-state index contributed by atoms with van der Waals surface area (Å²) in [4.78, 5) is 41.6. The quantitative estimate of drug-likeness (QED) is 0.367.